The molecule has 24 heavy (non-hydrogen) atoms. The standard InChI is InChI=1S/C21H25NO2/c23-20-11-8-18(9-12-20)15-22-14-4-7-19(16-22)21(24)13-10-17-5-2-1-3-6-17/h1-3,5-6,8-9,11-12,19,23H,4,7,10,13-16H2. The number of Topliss-reactive ketones (excluding diaryl/α,β-unsaturated/α-hetero) is 1. The van der Waals surface area contributed by atoms with Crippen LogP contribution in [0.2, 0.25) is 0 Å². The highest BCUT2D eigenvalue weighted by molar-refractivity contribution is 5.81. The van der Waals surface area contributed by atoms with Gasteiger partial charge in [0.25, 0.3) is 0 Å². The van der Waals surface area contributed by atoms with Gasteiger partial charge < -0.3 is 5.11 Å². The van der Waals surface area contributed by atoms with Crippen molar-refractivity contribution in [2.24, 2.45) is 5.92 Å². The van der Waals surface area contributed by atoms with Gasteiger partial charge in [0.15, 0.2) is 0 Å². The Balaban J connectivity index is 1.51. The maximum atomic E-state index is 12.6. The van der Waals surface area contributed by atoms with Crippen molar-refractivity contribution in [3.8, 4) is 5.75 Å². The number of likely N-dealkylation sites (tertiary alicyclic amines) is 1. The smallest absolute Gasteiger partial charge is 0.137 e. The molecule has 126 valence electrons. The minimum Gasteiger partial charge on any atom is -0.508 e. The lowest BCUT2D eigenvalue weighted by Gasteiger charge is -2.32. The zero-order valence-electron chi connectivity index (χ0n) is 14.0. The second-order valence-electron chi connectivity index (χ2n) is 6.69. The SMILES string of the molecule is O=C(CCc1ccccc1)C1CCCN(Cc2ccc(O)cc2)C1. The van der Waals surface area contributed by atoms with Crippen LogP contribution >= 0.6 is 0 Å². The number of carbonyl (C=O) groups is 1. The van der Waals surface area contributed by atoms with Crippen LogP contribution in [0.15, 0.2) is 54.6 Å². The van der Waals surface area contributed by atoms with E-state index in [0.717, 1.165) is 38.9 Å². The number of phenolic OH excluding ortho intramolecular Hbond substituents is 1. The Kier molecular flexibility index (Phi) is 5.65. The Morgan fingerprint density at radius 3 is 2.54 bits per heavy atom. The molecule has 1 fully saturated rings. The number of piperidine rings is 1. The first kappa shape index (κ1) is 16.7. The van der Waals surface area contributed by atoms with Crippen molar-refractivity contribution in [3.63, 3.8) is 0 Å². The van der Waals surface area contributed by atoms with Gasteiger partial charge in [-0.1, -0.05) is 42.5 Å². The lowest BCUT2D eigenvalue weighted by atomic mass is 9.90. The monoisotopic (exact) mass is 323 g/mol. The molecule has 1 unspecified atom stereocenters. The number of rotatable bonds is 6. The van der Waals surface area contributed by atoms with Crippen molar-refractivity contribution in [1.82, 2.24) is 4.90 Å². The number of nitrogens with zero attached hydrogens (tertiary/aromatic N) is 1. The highest BCUT2D eigenvalue weighted by atomic mass is 16.3. The highest BCUT2D eigenvalue weighted by Gasteiger charge is 2.25. The summed E-state index contributed by atoms with van der Waals surface area (Å²) in [6.45, 7) is 2.75. The lowest BCUT2D eigenvalue weighted by molar-refractivity contribution is -0.124. The predicted molar refractivity (Wildman–Crippen MR) is 95.9 cm³/mol. The van der Waals surface area contributed by atoms with E-state index in [9.17, 15) is 9.90 Å². The van der Waals surface area contributed by atoms with Crippen molar-refractivity contribution in [1.29, 1.82) is 0 Å². The number of benzene rings is 2. The summed E-state index contributed by atoms with van der Waals surface area (Å²) in [5.41, 5.74) is 2.42. The number of ketones is 1. The van der Waals surface area contributed by atoms with Crippen LogP contribution in [0.5, 0.6) is 5.75 Å². The Labute approximate surface area is 143 Å². The van der Waals surface area contributed by atoms with E-state index in [1.165, 1.54) is 11.1 Å². The van der Waals surface area contributed by atoms with Gasteiger partial charge in [-0.15, -0.1) is 0 Å². The maximum absolute atomic E-state index is 12.6. The number of hydrogen-bond donors (Lipinski definition) is 1. The van der Waals surface area contributed by atoms with Crippen LogP contribution in [-0.4, -0.2) is 28.9 Å². The number of phenols is 1. The molecule has 1 atom stereocenters. The van der Waals surface area contributed by atoms with Gasteiger partial charge in [0.2, 0.25) is 0 Å². The fourth-order valence-electron chi connectivity index (χ4n) is 3.44. The van der Waals surface area contributed by atoms with Gasteiger partial charge in [-0.25, -0.2) is 0 Å². The molecule has 2 aromatic rings. The van der Waals surface area contributed by atoms with Gasteiger partial charge in [0.05, 0.1) is 0 Å². The minimum absolute atomic E-state index is 0.166. The third-order valence-electron chi connectivity index (χ3n) is 4.81. The maximum Gasteiger partial charge on any atom is 0.137 e. The van der Waals surface area contributed by atoms with E-state index in [-0.39, 0.29) is 5.92 Å². The molecule has 0 aliphatic carbocycles. The van der Waals surface area contributed by atoms with Gasteiger partial charge in [-0.3, -0.25) is 9.69 Å². The summed E-state index contributed by atoms with van der Waals surface area (Å²) in [5.74, 6) is 0.861. The third-order valence-corrected chi connectivity index (χ3v) is 4.81. The van der Waals surface area contributed by atoms with Gasteiger partial charge in [-0.2, -0.15) is 0 Å². The van der Waals surface area contributed by atoms with Crippen molar-refractivity contribution in [3.05, 3.63) is 65.7 Å². The molecule has 1 heterocycles. The first-order valence-electron chi connectivity index (χ1n) is 8.77. The summed E-state index contributed by atoms with van der Waals surface area (Å²) >= 11 is 0. The molecule has 3 nitrogen and oxygen atoms in total. The number of aryl methyl sites for hydroxylation is 1. The molecule has 0 bridgehead atoms. The zero-order chi connectivity index (χ0) is 16.8. The molecule has 1 aliphatic rings. The molecule has 3 heteroatoms. The summed E-state index contributed by atoms with van der Waals surface area (Å²) in [6, 6.07) is 17.6. The van der Waals surface area contributed by atoms with E-state index in [4.69, 9.17) is 0 Å². The molecule has 2 aromatic carbocycles. The normalized spacial score (nSPS) is 18.4. The summed E-state index contributed by atoms with van der Waals surface area (Å²) < 4.78 is 0. The van der Waals surface area contributed by atoms with Gasteiger partial charge >= 0.3 is 0 Å². The van der Waals surface area contributed by atoms with Crippen molar-refractivity contribution in [2.75, 3.05) is 13.1 Å². The van der Waals surface area contributed by atoms with Gasteiger partial charge in [0.1, 0.15) is 11.5 Å². The lowest BCUT2D eigenvalue weighted by Crippen LogP contribution is -2.38. The molecular weight excluding hydrogens is 298 g/mol. The van der Waals surface area contributed by atoms with E-state index >= 15 is 0 Å². The van der Waals surface area contributed by atoms with Crippen molar-refractivity contribution >= 4 is 5.78 Å². The van der Waals surface area contributed by atoms with Crippen molar-refractivity contribution < 1.29 is 9.90 Å². The number of aromatic hydroxyl groups is 1. The quantitative estimate of drug-likeness (QED) is 0.879. The summed E-state index contributed by atoms with van der Waals surface area (Å²) in [7, 11) is 0. The van der Waals surface area contributed by atoms with E-state index in [1.54, 1.807) is 12.1 Å². The number of carbonyl (C=O) groups excluding carboxylic acids is 1. The van der Waals surface area contributed by atoms with Crippen molar-refractivity contribution in [2.45, 2.75) is 32.2 Å². The second kappa shape index (κ2) is 8.11. The van der Waals surface area contributed by atoms with E-state index in [2.05, 4.69) is 17.0 Å². The summed E-state index contributed by atoms with van der Waals surface area (Å²) in [4.78, 5) is 14.9. The highest BCUT2D eigenvalue weighted by Crippen LogP contribution is 2.22. The van der Waals surface area contributed by atoms with E-state index in [0.29, 0.717) is 18.0 Å². The molecule has 1 aliphatic heterocycles. The molecule has 0 amide bonds. The summed E-state index contributed by atoms with van der Waals surface area (Å²) in [5, 5.41) is 9.37. The van der Waals surface area contributed by atoms with E-state index in [1.807, 2.05) is 30.3 Å². The minimum atomic E-state index is 0.166. The molecule has 3 rings (SSSR count). The Bertz CT molecular complexity index is 651. The fraction of sp³-hybridized carbons (Fsp3) is 0.381. The molecule has 1 N–H and O–H groups in total. The Hall–Kier alpha value is -2.13. The van der Waals surface area contributed by atoms with Crippen LogP contribution in [0.4, 0.5) is 0 Å². The molecule has 1 saturated heterocycles. The van der Waals surface area contributed by atoms with Crippen LogP contribution in [0.3, 0.4) is 0 Å². The molecule has 0 spiro atoms. The first-order valence-corrected chi connectivity index (χ1v) is 8.77. The average Bonchev–Trinajstić information content (AvgIpc) is 2.63. The van der Waals surface area contributed by atoms with Crippen LogP contribution in [0, 0.1) is 5.92 Å². The van der Waals surface area contributed by atoms with Crippen LogP contribution in [0.1, 0.15) is 30.4 Å². The summed E-state index contributed by atoms with van der Waals surface area (Å²) in [6.07, 6.45) is 3.58. The third kappa shape index (κ3) is 4.68. The van der Waals surface area contributed by atoms with Gasteiger partial charge in [-0.05, 0) is 49.1 Å². The number of hydrogen-bond acceptors (Lipinski definition) is 3. The van der Waals surface area contributed by atoms with Crippen LogP contribution < -0.4 is 0 Å². The Morgan fingerprint density at radius 1 is 1.04 bits per heavy atom. The van der Waals surface area contributed by atoms with Crippen LogP contribution in [0.25, 0.3) is 0 Å². The second-order valence-corrected chi connectivity index (χ2v) is 6.69. The van der Waals surface area contributed by atoms with Gasteiger partial charge in [0, 0.05) is 25.4 Å². The van der Waals surface area contributed by atoms with Crippen LogP contribution in [-0.2, 0) is 17.8 Å². The Morgan fingerprint density at radius 2 is 1.79 bits per heavy atom. The average molecular weight is 323 g/mol. The van der Waals surface area contributed by atoms with E-state index < -0.39 is 0 Å². The fourth-order valence-corrected chi connectivity index (χ4v) is 3.44. The molecule has 0 radical (unpaired) electrons. The first-order chi connectivity index (χ1) is 11.7. The topological polar surface area (TPSA) is 40.5 Å². The zero-order valence-corrected chi connectivity index (χ0v) is 14.0. The molecular formula is C21H25NO2. The predicted octanol–water partition coefficient (Wildman–Crippen LogP) is 3.81. The molecule has 0 aromatic heterocycles. The largest absolute Gasteiger partial charge is 0.508 e. The molecule has 0 saturated carbocycles.